The van der Waals surface area contributed by atoms with Crippen LogP contribution in [0.1, 0.15) is 19.3 Å². The van der Waals surface area contributed by atoms with Gasteiger partial charge < -0.3 is 10.6 Å². The highest BCUT2D eigenvalue weighted by molar-refractivity contribution is 9.10. The number of anilines is 1. The molecule has 1 unspecified atom stereocenters. The van der Waals surface area contributed by atoms with Gasteiger partial charge in [0.1, 0.15) is 5.69 Å². The van der Waals surface area contributed by atoms with Gasteiger partial charge in [-0.15, -0.1) is 0 Å². The molecule has 1 aromatic rings. The molecule has 1 aromatic carbocycles. The highest BCUT2D eigenvalue weighted by Crippen LogP contribution is 2.28. The Kier molecular flexibility index (Phi) is 4.54. The summed E-state index contributed by atoms with van der Waals surface area (Å²) in [7, 11) is 0. The lowest BCUT2D eigenvalue weighted by molar-refractivity contribution is -0.384. The lowest BCUT2D eigenvalue weighted by atomic mass is 10.1. The highest BCUT2D eigenvalue weighted by Gasteiger charge is 2.16. The number of hydrogen-bond donors (Lipinski definition) is 2. The second kappa shape index (κ2) is 6.15. The zero-order chi connectivity index (χ0) is 13.0. The third-order valence-corrected chi connectivity index (χ3v) is 3.60. The van der Waals surface area contributed by atoms with Crippen LogP contribution >= 0.6 is 15.9 Å². The first kappa shape index (κ1) is 13.3. The number of nitrogens with zero attached hydrogens (tertiary/aromatic N) is 1. The van der Waals surface area contributed by atoms with Crippen LogP contribution in [0.2, 0.25) is 0 Å². The lowest BCUT2D eigenvalue weighted by Gasteiger charge is -2.24. The summed E-state index contributed by atoms with van der Waals surface area (Å²) in [6, 6.07) is 5.48. The standard InChI is InChI=1S/C12H16BrN3O2/c13-9-4-5-11(12(7-9)16(17)18)15-8-10-3-1-2-6-14-10/h4-5,7,10,14-15H,1-3,6,8H2. The first-order valence-electron chi connectivity index (χ1n) is 6.08. The minimum atomic E-state index is -0.360. The van der Waals surface area contributed by atoms with E-state index in [0.717, 1.165) is 24.0 Å². The van der Waals surface area contributed by atoms with Crippen LogP contribution < -0.4 is 10.6 Å². The fraction of sp³-hybridized carbons (Fsp3) is 0.500. The molecule has 0 radical (unpaired) electrons. The average molecular weight is 314 g/mol. The van der Waals surface area contributed by atoms with Gasteiger partial charge in [0.2, 0.25) is 0 Å². The Labute approximate surface area is 114 Å². The van der Waals surface area contributed by atoms with Gasteiger partial charge in [-0.3, -0.25) is 10.1 Å². The maximum absolute atomic E-state index is 11.0. The summed E-state index contributed by atoms with van der Waals surface area (Å²) < 4.78 is 0.718. The van der Waals surface area contributed by atoms with Crippen LogP contribution in [0, 0.1) is 10.1 Å². The minimum absolute atomic E-state index is 0.111. The summed E-state index contributed by atoms with van der Waals surface area (Å²) in [6.07, 6.45) is 3.56. The molecule has 1 atom stereocenters. The van der Waals surface area contributed by atoms with E-state index in [4.69, 9.17) is 0 Å². The Hall–Kier alpha value is -1.14. The number of benzene rings is 1. The first-order chi connectivity index (χ1) is 8.66. The largest absolute Gasteiger partial charge is 0.378 e. The molecule has 18 heavy (non-hydrogen) atoms. The molecule has 1 aliphatic heterocycles. The Balaban J connectivity index is 2.01. The van der Waals surface area contributed by atoms with Gasteiger partial charge in [-0.05, 0) is 31.5 Å². The molecule has 1 heterocycles. The molecule has 0 bridgehead atoms. The summed E-state index contributed by atoms with van der Waals surface area (Å²) in [5.74, 6) is 0. The molecule has 0 amide bonds. The number of nitrogens with one attached hydrogen (secondary N) is 2. The molecule has 0 spiro atoms. The molecule has 0 aromatic heterocycles. The smallest absolute Gasteiger partial charge is 0.293 e. The van der Waals surface area contributed by atoms with Crippen molar-refractivity contribution in [2.45, 2.75) is 25.3 Å². The Bertz CT molecular complexity index is 433. The van der Waals surface area contributed by atoms with E-state index in [-0.39, 0.29) is 10.6 Å². The normalized spacial score (nSPS) is 19.5. The number of piperidine rings is 1. The SMILES string of the molecule is O=[N+]([O-])c1cc(Br)ccc1NCC1CCCCN1. The van der Waals surface area contributed by atoms with Gasteiger partial charge in [-0.25, -0.2) is 0 Å². The molecule has 98 valence electrons. The van der Waals surface area contributed by atoms with Crippen LogP contribution in [-0.2, 0) is 0 Å². The van der Waals surface area contributed by atoms with E-state index in [1.807, 2.05) is 6.07 Å². The van der Waals surface area contributed by atoms with Crippen molar-refractivity contribution >= 4 is 27.3 Å². The fourth-order valence-corrected chi connectivity index (χ4v) is 2.49. The molecule has 1 saturated heterocycles. The first-order valence-corrected chi connectivity index (χ1v) is 6.87. The van der Waals surface area contributed by atoms with Crippen LogP contribution in [0.3, 0.4) is 0 Å². The van der Waals surface area contributed by atoms with E-state index in [9.17, 15) is 10.1 Å². The van der Waals surface area contributed by atoms with E-state index < -0.39 is 0 Å². The summed E-state index contributed by atoms with van der Waals surface area (Å²) in [4.78, 5) is 10.6. The van der Waals surface area contributed by atoms with Crippen LogP contribution in [-0.4, -0.2) is 24.1 Å². The van der Waals surface area contributed by atoms with Crippen molar-refractivity contribution in [3.63, 3.8) is 0 Å². The highest BCUT2D eigenvalue weighted by atomic mass is 79.9. The maximum atomic E-state index is 11.0. The van der Waals surface area contributed by atoms with Crippen LogP contribution in [0.15, 0.2) is 22.7 Å². The number of nitro benzene ring substituents is 1. The lowest BCUT2D eigenvalue weighted by Crippen LogP contribution is -2.39. The van der Waals surface area contributed by atoms with Crippen molar-refractivity contribution in [1.82, 2.24) is 5.32 Å². The molecule has 5 nitrogen and oxygen atoms in total. The Morgan fingerprint density at radius 2 is 2.33 bits per heavy atom. The fourth-order valence-electron chi connectivity index (χ4n) is 2.14. The van der Waals surface area contributed by atoms with Crippen molar-refractivity contribution < 1.29 is 4.92 Å². The van der Waals surface area contributed by atoms with E-state index in [1.54, 1.807) is 6.07 Å². The van der Waals surface area contributed by atoms with Crippen LogP contribution in [0.5, 0.6) is 0 Å². The summed E-state index contributed by atoms with van der Waals surface area (Å²) in [5, 5.41) is 17.5. The minimum Gasteiger partial charge on any atom is -0.378 e. The van der Waals surface area contributed by atoms with Crippen LogP contribution in [0.4, 0.5) is 11.4 Å². The summed E-state index contributed by atoms with van der Waals surface area (Å²) in [6.45, 7) is 1.76. The average Bonchev–Trinajstić information content (AvgIpc) is 2.38. The molecule has 1 fully saturated rings. The molecule has 0 aliphatic carbocycles. The quantitative estimate of drug-likeness (QED) is 0.662. The summed E-state index contributed by atoms with van der Waals surface area (Å²) >= 11 is 3.25. The molecule has 2 rings (SSSR count). The Morgan fingerprint density at radius 1 is 1.50 bits per heavy atom. The molecule has 6 heteroatoms. The number of rotatable bonds is 4. The van der Waals surface area contributed by atoms with E-state index in [1.165, 1.54) is 18.9 Å². The van der Waals surface area contributed by atoms with Gasteiger partial charge >= 0.3 is 0 Å². The maximum Gasteiger partial charge on any atom is 0.293 e. The number of hydrogen-bond acceptors (Lipinski definition) is 4. The molecular formula is C12H16BrN3O2. The van der Waals surface area contributed by atoms with Gasteiger partial charge in [0, 0.05) is 23.1 Å². The summed E-state index contributed by atoms with van der Waals surface area (Å²) in [5.41, 5.74) is 0.691. The molecule has 0 saturated carbocycles. The zero-order valence-electron chi connectivity index (χ0n) is 9.99. The van der Waals surface area contributed by atoms with E-state index >= 15 is 0 Å². The predicted molar refractivity (Wildman–Crippen MR) is 74.9 cm³/mol. The van der Waals surface area contributed by atoms with Gasteiger partial charge in [0.05, 0.1) is 4.92 Å². The van der Waals surface area contributed by atoms with Crippen molar-refractivity contribution in [1.29, 1.82) is 0 Å². The second-order valence-corrected chi connectivity index (χ2v) is 5.36. The molecular weight excluding hydrogens is 298 g/mol. The van der Waals surface area contributed by atoms with Crippen molar-refractivity contribution in [2.24, 2.45) is 0 Å². The van der Waals surface area contributed by atoms with Gasteiger partial charge in [-0.1, -0.05) is 22.4 Å². The third-order valence-electron chi connectivity index (χ3n) is 3.11. The van der Waals surface area contributed by atoms with Gasteiger partial charge in [0.25, 0.3) is 5.69 Å². The van der Waals surface area contributed by atoms with E-state index in [2.05, 4.69) is 26.6 Å². The topological polar surface area (TPSA) is 67.2 Å². The van der Waals surface area contributed by atoms with Gasteiger partial charge in [-0.2, -0.15) is 0 Å². The van der Waals surface area contributed by atoms with E-state index in [0.29, 0.717) is 11.7 Å². The van der Waals surface area contributed by atoms with Crippen LogP contribution in [0.25, 0.3) is 0 Å². The zero-order valence-corrected chi connectivity index (χ0v) is 11.6. The van der Waals surface area contributed by atoms with Crippen molar-refractivity contribution in [3.05, 3.63) is 32.8 Å². The van der Waals surface area contributed by atoms with Crippen molar-refractivity contribution in [2.75, 3.05) is 18.4 Å². The number of nitro groups is 1. The molecule has 1 aliphatic rings. The van der Waals surface area contributed by atoms with Gasteiger partial charge in [0.15, 0.2) is 0 Å². The number of halogens is 1. The van der Waals surface area contributed by atoms with Crippen molar-refractivity contribution in [3.8, 4) is 0 Å². The second-order valence-electron chi connectivity index (χ2n) is 4.45. The Morgan fingerprint density at radius 3 is 3.00 bits per heavy atom. The third kappa shape index (κ3) is 3.43. The molecule has 2 N–H and O–H groups in total. The predicted octanol–water partition coefficient (Wildman–Crippen LogP) is 2.91. The monoisotopic (exact) mass is 313 g/mol.